The number of methoxy groups -OCH3 is 1. The summed E-state index contributed by atoms with van der Waals surface area (Å²) in [4.78, 5) is 38.3. The van der Waals surface area contributed by atoms with E-state index in [0.717, 1.165) is 10.0 Å². The van der Waals surface area contributed by atoms with Crippen molar-refractivity contribution < 1.29 is 18.7 Å². The lowest BCUT2D eigenvalue weighted by Gasteiger charge is -2.18. The molecule has 3 rings (SSSR count). The normalized spacial score (nSPS) is 10.7. The minimum Gasteiger partial charge on any atom is -0.465 e. The Balaban J connectivity index is 1.89. The van der Waals surface area contributed by atoms with Crippen molar-refractivity contribution in [2.24, 2.45) is 0 Å². The van der Waals surface area contributed by atoms with E-state index in [4.69, 9.17) is 4.42 Å². The Hall–Kier alpha value is -2.93. The molecule has 1 aromatic heterocycles. The number of hydrogen-bond donors (Lipinski definition) is 0. The van der Waals surface area contributed by atoms with Gasteiger partial charge in [0.1, 0.15) is 11.1 Å². The van der Waals surface area contributed by atoms with Crippen molar-refractivity contribution in [3.8, 4) is 0 Å². The molecule has 6 nitrogen and oxygen atoms in total. The molecule has 0 unspecified atom stereocenters. The molecule has 144 valence electrons. The van der Waals surface area contributed by atoms with Crippen molar-refractivity contribution in [3.05, 3.63) is 79.6 Å². The van der Waals surface area contributed by atoms with E-state index in [1.165, 1.54) is 12.0 Å². The summed E-state index contributed by atoms with van der Waals surface area (Å²) < 4.78 is 10.8. The van der Waals surface area contributed by atoms with Gasteiger partial charge < -0.3 is 14.1 Å². The average molecular weight is 444 g/mol. The van der Waals surface area contributed by atoms with E-state index in [2.05, 4.69) is 20.7 Å². The maximum Gasteiger partial charge on any atom is 0.349 e. The number of fused-ring (bicyclic) bond motifs is 1. The summed E-state index contributed by atoms with van der Waals surface area (Å²) in [5.74, 6) is -0.850. The topological polar surface area (TPSA) is 76.8 Å². The fraction of sp³-hybridized carbons (Fsp3) is 0.190. The molecule has 7 heteroatoms. The standard InChI is InChI=1S/C21H18BrNO5/c1-12-16-10-15(22)8-9-17(16)28-21(26)18(12)19(24)23(2)11-13-4-6-14(7-5-13)20(25)27-3/h4-10H,11H2,1-3H3. The van der Waals surface area contributed by atoms with Gasteiger partial charge in [-0.25, -0.2) is 9.59 Å². The minimum absolute atomic E-state index is 0.0132. The Morgan fingerprint density at radius 2 is 1.82 bits per heavy atom. The molecule has 0 aliphatic rings. The van der Waals surface area contributed by atoms with Crippen LogP contribution in [-0.4, -0.2) is 30.9 Å². The first-order valence-electron chi connectivity index (χ1n) is 8.47. The van der Waals surface area contributed by atoms with E-state index in [-0.39, 0.29) is 12.1 Å². The highest BCUT2D eigenvalue weighted by Crippen LogP contribution is 2.24. The molecule has 0 aliphatic carbocycles. The van der Waals surface area contributed by atoms with Gasteiger partial charge in [0, 0.05) is 23.5 Å². The molecular weight excluding hydrogens is 426 g/mol. The third-order valence-electron chi connectivity index (χ3n) is 4.48. The number of ether oxygens (including phenoxy) is 1. The second-order valence-corrected chi connectivity index (χ2v) is 7.30. The van der Waals surface area contributed by atoms with Gasteiger partial charge in [-0.15, -0.1) is 0 Å². The summed E-state index contributed by atoms with van der Waals surface area (Å²) in [6, 6.07) is 12.0. The molecule has 1 amide bonds. The third-order valence-corrected chi connectivity index (χ3v) is 4.98. The van der Waals surface area contributed by atoms with Crippen molar-refractivity contribution in [2.75, 3.05) is 14.2 Å². The molecule has 1 heterocycles. The first-order chi connectivity index (χ1) is 13.3. The zero-order chi connectivity index (χ0) is 20.4. The highest BCUT2D eigenvalue weighted by molar-refractivity contribution is 9.10. The van der Waals surface area contributed by atoms with Crippen LogP contribution in [-0.2, 0) is 11.3 Å². The molecule has 3 aromatic rings. The maximum atomic E-state index is 12.9. The van der Waals surface area contributed by atoms with Crippen LogP contribution in [0.4, 0.5) is 0 Å². The summed E-state index contributed by atoms with van der Waals surface area (Å²) in [5, 5.41) is 0.702. The zero-order valence-corrected chi connectivity index (χ0v) is 17.2. The largest absolute Gasteiger partial charge is 0.465 e. The first kappa shape index (κ1) is 19.8. The SMILES string of the molecule is COC(=O)c1ccc(CN(C)C(=O)c2c(C)c3cc(Br)ccc3oc2=O)cc1. The number of benzene rings is 2. The predicted octanol–water partition coefficient (Wildman–Crippen LogP) is 3.92. The van der Waals surface area contributed by atoms with Crippen LogP contribution >= 0.6 is 15.9 Å². The summed E-state index contributed by atoms with van der Waals surface area (Å²) in [5.41, 5.74) is 1.60. The number of aryl methyl sites for hydroxylation is 1. The van der Waals surface area contributed by atoms with Crippen molar-refractivity contribution >= 4 is 38.8 Å². The lowest BCUT2D eigenvalue weighted by molar-refractivity contribution is 0.0600. The van der Waals surface area contributed by atoms with Gasteiger partial charge in [0.25, 0.3) is 5.91 Å². The molecule has 0 radical (unpaired) electrons. The van der Waals surface area contributed by atoms with Crippen LogP contribution in [0, 0.1) is 6.92 Å². The number of rotatable bonds is 4. The van der Waals surface area contributed by atoms with Crippen LogP contribution in [0.15, 0.2) is 56.1 Å². The second kappa shape index (κ2) is 7.98. The van der Waals surface area contributed by atoms with Crippen LogP contribution in [0.25, 0.3) is 11.0 Å². The molecule has 0 spiro atoms. The maximum absolute atomic E-state index is 12.9. The summed E-state index contributed by atoms with van der Waals surface area (Å²) >= 11 is 3.39. The monoisotopic (exact) mass is 443 g/mol. The van der Waals surface area contributed by atoms with Gasteiger partial charge in [0.2, 0.25) is 0 Å². The van der Waals surface area contributed by atoms with Gasteiger partial charge in [0.05, 0.1) is 12.7 Å². The van der Waals surface area contributed by atoms with Gasteiger partial charge in [-0.2, -0.15) is 0 Å². The van der Waals surface area contributed by atoms with E-state index in [1.54, 1.807) is 50.4 Å². The second-order valence-electron chi connectivity index (χ2n) is 6.38. The fourth-order valence-corrected chi connectivity index (χ4v) is 3.33. The smallest absolute Gasteiger partial charge is 0.349 e. The van der Waals surface area contributed by atoms with Crippen LogP contribution in [0.3, 0.4) is 0 Å². The summed E-state index contributed by atoms with van der Waals surface area (Å²) in [6.07, 6.45) is 0. The predicted molar refractivity (Wildman–Crippen MR) is 109 cm³/mol. The Labute approximate surface area is 169 Å². The number of halogens is 1. The number of nitrogens with zero attached hydrogens (tertiary/aromatic N) is 1. The summed E-state index contributed by atoms with van der Waals surface area (Å²) in [6.45, 7) is 2.01. The lowest BCUT2D eigenvalue weighted by atomic mass is 10.0. The van der Waals surface area contributed by atoms with Gasteiger partial charge in [-0.05, 0) is 48.4 Å². The van der Waals surface area contributed by atoms with Crippen molar-refractivity contribution in [1.29, 1.82) is 0 Å². The molecule has 0 saturated heterocycles. The molecule has 0 aliphatic heterocycles. The molecule has 0 saturated carbocycles. The highest BCUT2D eigenvalue weighted by atomic mass is 79.9. The molecule has 0 fully saturated rings. The van der Waals surface area contributed by atoms with E-state index >= 15 is 0 Å². The van der Waals surface area contributed by atoms with E-state index in [0.29, 0.717) is 22.1 Å². The number of esters is 1. The van der Waals surface area contributed by atoms with Gasteiger partial charge in [-0.3, -0.25) is 4.79 Å². The first-order valence-corrected chi connectivity index (χ1v) is 9.26. The molecule has 0 bridgehead atoms. The quantitative estimate of drug-likeness (QED) is 0.451. The number of carbonyl (C=O) groups excluding carboxylic acids is 2. The minimum atomic E-state index is -0.662. The van der Waals surface area contributed by atoms with Gasteiger partial charge >= 0.3 is 11.6 Å². The Morgan fingerprint density at radius 1 is 1.14 bits per heavy atom. The van der Waals surface area contributed by atoms with Crippen molar-refractivity contribution in [2.45, 2.75) is 13.5 Å². The zero-order valence-electron chi connectivity index (χ0n) is 15.6. The Morgan fingerprint density at radius 3 is 2.46 bits per heavy atom. The number of amides is 1. The number of hydrogen-bond acceptors (Lipinski definition) is 5. The van der Waals surface area contributed by atoms with Crippen LogP contribution in [0.1, 0.15) is 31.8 Å². The Kier molecular flexibility index (Phi) is 5.65. The van der Waals surface area contributed by atoms with Gasteiger partial charge in [-0.1, -0.05) is 28.1 Å². The van der Waals surface area contributed by atoms with Gasteiger partial charge in [0.15, 0.2) is 0 Å². The average Bonchev–Trinajstić information content (AvgIpc) is 2.68. The van der Waals surface area contributed by atoms with E-state index in [1.807, 2.05) is 6.07 Å². The van der Waals surface area contributed by atoms with Crippen molar-refractivity contribution in [1.82, 2.24) is 4.90 Å². The number of carbonyl (C=O) groups is 2. The lowest BCUT2D eigenvalue weighted by Crippen LogP contribution is -2.31. The summed E-state index contributed by atoms with van der Waals surface area (Å²) in [7, 11) is 2.93. The van der Waals surface area contributed by atoms with E-state index in [9.17, 15) is 14.4 Å². The molecule has 0 N–H and O–H groups in total. The van der Waals surface area contributed by atoms with Crippen molar-refractivity contribution in [3.63, 3.8) is 0 Å². The van der Waals surface area contributed by atoms with Crippen LogP contribution in [0.5, 0.6) is 0 Å². The van der Waals surface area contributed by atoms with Crippen LogP contribution < -0.4 is 5.63 Å². The van der Waals surface area contributed by atoms with Crippen LogP contribution in [0.2, 0.25) is 0 Å². The molecule has 0 atom stereocenters. The highest BCUT2D eigenvalue weighted by Gasteiger charge is 2.22. The molecular formula is C21H18BrNO5. The molecule has 2 aromatic carbocycles. The van der Waals surface area contributed by atoms with E-state index < -0.39 is 17.5 Å². The Bertz CT molecular complexity index is 1120. The third kappa shape index (κ3) is 3.84. The fourth-order valence-electron chi connectivity index (χ4n) is 2.97. The molecule has 28 heavy (non-hydrogen) atoms.